The van der Waals surface area contributed by atoms with Gasteiger partial charge >= 0.3 is 6.72 Å². The lowest BCUT2D eigenvalue weighted by molar-refractivity contribution is -0.0595. The van der Waals surface area contributed by atoms with E-state index in [0.717, 1.165) is 5.56 Å². The summed E-state index contributed by atoms with van der Waals surface area (Å²) < 4.78 is 52.8. The van der Waals surface area contributed by atoms with Crippen LogP contribution in [0.25, 0.3) is 22.3 Å². The summed E-state index contributed by atoms with van der Waals surface area (Å²) in [6.45, 7) is -2.67. The Morgan fingerprint density at radius 2 is 1.53 bits per heavy atom. The van der Waals surface area contributed by atoms with E-state index in [4.69, 9.17) is 39.4 Å². The van der Waals surface area contributed by atoms with Gasteiger partial charge in [-0.2, -0.15) is 0 Å². The first-order valence-electron chi connectivity index (χ1n) is 15.4. The molecule has 0 aliphatic carbocycles. The average molecular weight is 760 g/mol. The lowest BCUT2D eigenvalue weighted by Gasteiger charge is -2.29. The number of hydrogen-bond acceptors (Lipinski definition) is 17. The number of imidazole rings is 2. The highest BCUT2D eigenvalue weighted by Gasteiger charge is 2.52. The van der Waals surface area contributed by atoms with Crippen LogP contribution < -0.4 is 5.32 Å². The van der Waals surface area contributed by atoms with E-state index in [1.165, 1.54) is 34.4 Å². The number of ether oxygens (including phenoxy) is 2. The molecule has 0 amide bonds. The van der Waals surface area contributed by atoms with Gasteiger partial charge in [-0.1, -0.05) is 30.3 Å². The normalized spacial score (nSPS) is 34.5. The number of aliphatic hydroxyl groups excluding tert-OH is 2. The SMILES string of the molecule is [BH3-]P1(=O)OC[C@H]2O[C@@H](n3cnc4c(C)ncnc43)[C@H](OP(O)(=S)OC[C@H]3O[C@@H](n4cnc5c(NCc6ccccc6)ncnc54)[C@H](O)[C@@H]3O1)[C@@H]2O. The Labute approximate surface area is 295 Å². The van der Waals surface area contributed by atoms with Crippen LogP contribution in [0.2, 0.25) is 0 Å². The van der Waals surface area contributed by atoms with Crippen LogP contribution >= 0.6 is 14.2 Å². The van der Waals surface area contributed by atoms with E-state index >= 15 is 0 Å². The second-order valence-corrected chi connectivity index (χ2v) is 15.4. The number of aryl methyl sites for hydroxylation is 1. The highest BCUT2D eigenvalue weighted by atomic mass is 32.5. The summed E-state index contributed by atoms with van der Waals surface area (Å²) >= 11 is 5.39. The molecular weight excluding hydrogens is 727 g/mol. The lowest BCUT2D eigenvalue weighted by atomic mass is 10.1. The van der Waals surface area contributed by atoms with Crippen molar-refractivity contribution in [3.8, 4) is 0 Å². The molecular formula is C28H33BN9O10P2S-. The van der Waals surface area contributed by atoms with Crippen LogP contribution in [0, 0.1) is 6.92 Å². The van der Waals surface area contributed by atoms with Crippen LogP contribution in [0.4, 0.5) is 5.82 Å². The number of rotatable bonds is 5. The van der Waals surface area contributed by atoms with Gasteiger partial charge in [0.1, 0.15) is 62.3 Å². The molecule has 3 fully saturated rings. The molecule has 4 N–H and O–H groups in total. The molecule has 4 aromatic heterocycles. The minimum Gasteiger partial charge on any atom is -0.387 e. The summed E-state index contributed by atoms with van der Waals surface area (Å²) in [6, 6.07) is 9.77. The highest BCUT2D eigenvalue weighted by molar-refractivity contribution is 8.07. The fraction of sp³-hybridized carbons (Fsp3) is 0.429. The Morgan fingerprint density at radius 3 is 2.31 bits per heavy atom. The maximum Gasteiger partial charge on any atom is 0.325 e. The van der Waals surface area contributed by atoms with E-state index in [2.05, 4.69) is 35.2 Å². The number of aliphatic hydroxyl groups is 2. The van der Waals surface area contributed by atoms with Crippen molar-refractivity contribution in [2.24, 2.45) is 0 Å². The van der Waals surface area contributed by atoms with Gasteiger partial charge in [-0.15, -0.1) is 0 Å². The third-order valence-corrected chi connectivity index (χ3v) is 10.9. The van der Waals surface area contributed by atoms with Crippen molar-refractivity contribution in [1.82, 2.24) is 39.0 Å². The van der Waals surface area contributed by atoms with Gasteiger partial charge in [-0.05, 0) is 24.3 Å². The summed E-state index contributed by atoms with van der Waals surface area (Å²) in [5.41, 5.74) is 3.34. The van der Waals surface area contributed by atoms with Crippen LogP contribution in [0.5, 0.6) is 0 Å². The van der Waals surface area contributed by atoms with Crippen molar-refractivity contribution in [3.05, 3.63) is 66.9 Å². The molecule has 7 heterocycles. The first-order valence-corrected chi connectivity index (χ1v) is 19.0. The third-order valence-electron chi connectivity index (χ3n) is 8.58. The molecule has 0 radical (unpaired) electrons. The summed E-state index contributed by atoms with van der Waals surface area (Å²) in [4.78, 5) is 37.3. The van der Waals surface area contributed by atoms with Crippen molar-refractivity contribution in [3.63, 3.8) is 0 Å². The molecule has 0 saturated carbocycles. The number of fused-ring (bicyclic) bond motifs is 5. The van der Waals surface area contributed by atoms with Crippen molar-refractivity contribution in [2.75, 3.05) is 18.5 Å². The van der Waals surface area contributed by atoms with Crippen LogP contribution in [-0.2, 0) is 50.5 Å². The van der Waals surface area contributed by atoms with Gasteiger partial charge < -0.3 is 48.0 Å². The maximum absolute atomic E-state index is 13.9. The zero-order valence-electron chi connectivity index (χ0n) is 26.0. The van der Waals surface area contributed by atoms with E-state index < -0.39 is 77.4 Å². The summed E-state index contributed by atoms with van der Waals surface area (Å²) in [7, 11) is -4.90. The van der Waals surface area contributed by atoms with Gasteiger partial charge in [0, 0.05) is 6.54 Å². The van der Waals surface area contributed by atoms with E-state index in [-0.39, 0.29) is 6.61 Å². The quantitative estimate of drug-likeness (QED) is 0.142. The molecule has 3 aliphatic rings. The Kier molecular flexibility index (Phi) is 9.27. The fourth-order valence-corrected chi connectivity index (χ4v) is 8.33. The molecule has 8 rings (SSSR count). The predicted molar refractivity (Wildman–Crippen MR) is 185 cm³/mol. The van der Waals surface area contributed by atoms with Crippen molar-refractivity contribution in [2.45, 2.75) is 62.5 Å². The Morgan fingerprint density at radius 1 is 0.863 bits per heavy atom. The van der Waals surface area contributed by atoms with Gasteiger partial charge in [-0.3, -0.25) is 13.7 Å². The van der Waals surface area contributed by atoms with Gasteiger partial charge in [0.2, 0.25) is 0 Å². The molecule has 0 spiro atoms. The Balaban J connectivity index is 1.06. The molecule has 51 heavy (non-hydrogen) atoms. The number of nitrogens with one attached hydrogen (secondary N) is 1. The Bertz CT molecular complexity index is 2170. The molecule has 19 nitrogen and oxygen atoms in total. The zero-order chi connectivity index (χ0) is 35.5. The zero-order valence-corrected chi connectivity index (χ0v) is 28.6. The van der Waals surface area contributed by atoms with Gasteiger partial charge in [0.05, 0.1) is 39.1 Å². The molecule has 23 heteroatoms. The number of anilines is 1. The summed E-state index contributed by atoms with van der Waals surface area (Å²) in [6.07, 6.45) is -4.07. The fourth-order valence-electron chi connectivity index (χ4n) is 6.13. The number of nitrogens with zero attached hydrogens (tertiary/aromatic N) is 8. The second kappa shape index (κ2) is 13.6. The Hall–Kier alpha value is -3.30. The molecule has 5 aromatic rings. The highest BCUT2D eigenvalue weighted by Crippen LogP contribution is 2.53. The molecule has 3 aliphatic heterocycles. The largest absolute Gasteiger partial charge is 0.387 e. The monoisotopic (exact) mass is 760 g/mol. The van der Waals surface area contributed by atoms with Crippen LogP contribution in [0.15, 0.2) is 55.6 Å². The minimum absolute atomic E-state index is 0.353. The van der Waals surface area contributed by atoms with Crippen LogP contribution in [0.3, 0.4) is 0 Å². The molecule has 1 aromatic carbocycles. The molecule has 2 bridgehead atoms. The van der Waals surface area contributed by atoms with E-state index in [1.807, 2.05) is 30.3 Å². The molecule has 10 atom stereocenters. The number of hydrogen-bond donors (Lipinski definition) is 4. The first-order chi connectivity index (χ1) is 24.5. The number of aromatic nitrogens is 8. The van der Waals surface area contributed by atoms with Crippen molar-refractivity contribution in [1.29, 1.82) is 0 Å². The van der Waals surface area contributed by atoms with Gasteiger partial charge in [0.25, 0.3) is 0 Å². The smallest absolute Gasteiger partial charge is 0.325 e. The third kappa shape index (κ3) is 6.74. The maximum atomic E-state index is 13.9. The average Bonchev–Trinajstić information content (AvgIpc) is 3.87. The predicted octanol–water partition coefficient (Wildman–Crippen LogP) is 0.611. The van der Waals surface area contributed by atoms with Crippen LogP contribution in [0.1, 0.15) is 23.7 Å². The minimum atomic E-state index is -4.14. The summed E-state index contributed by atoms with van der Waals surface area (Å²) in [5, 5.41) is 26.2. The van der Waals surface area contributed by atoms with Crippen molar-refractivity contribution >= 4 is 61.7 Å². The molecule has 3 saturated heterocycles. The summed E-state index contributed by atoms with van der Waals surface area (Å²) in [5.74, 6) is 0.473. The van der Waals surface area contributed by atoms with E-state index in [0.29, 0.717) is 40.4 Å². The van der Waals surface area contributed by atoms with Gasteiger partial charge in [-0.25, -0.2) is 29.9 Å². The lowest BCUT2D eigenvalue weighted by Crippen LogP contribution is -2.36. The molecule has 2 unspecified atom stereocenters. The topological polar surface area (TPSA) is 232 Å². The van der Waals surface area contributed by atoms with Crippen molar-refractivity contribution < 1.29 is 47.2 Å². The van der Waals surface area contributed by atoms with Crippen LogP contribution in [-0.4, -0.2) is 112 Å². The molecule has 270 valence electrons. The van der Waals surface area contributed by atoms with Gasteiger partial charge in [0.15, 0.2) is 35.1 Å². The van der Waals surface area contributed by atoms with E-state index in [1.54, 1.807) is 6.92 Å². The van der Waals surface area contributed by atoms with E-state index in [9.17, 15) is 19.7 Å². The second-order valence-electron chi connectivity index (χ2n) is 11.7. The number of benzene rings is 1. The first kappa shape index (κ1) is 34.8. The standard InChI is InChI=1S/C28H33BN9O10P2S/c1-14-18-25(33-10-31-14)38(12-35-18)28-23-20(39)16(45-28)8-43-49(29,41)47-22-17(9-44-50(42,51)48-23)46-27(21(22)40)37-13-36-19-24(32-11-34-26(19)37)30-7-15-5-3-2-4-6-15/h2-6,10-13,16-17,20-23,27-28,39-40H,7-9H2,1,29H3,(H,42,51)(H,30,32,34)/q-1/t16-,17-,20-,21-,22-,23-,27-,28-,49?,50?/m1/s1.